The van der Waals surface area contributed by atoms with Crippen LogP contribution in [0.1, 0.15) is 32.8 Å². The second kappa shape index (κ2) is 8.18. The number of hydrogen-bond acceptors (Lipinski definition) is 4. The molecule has 1 aromatic heterocycles. The lowest BCUT2D eigenvalue weighted by atomic mass is 10.1. The van der Waals surface area contributed by atoms with Gasteiger partial charge in [-0.2, -0.15) is 0 Å². The first kappa shape index (κ1) is 21.7. The van der Waals surface area contributed by atoms with Crippen LogP contribution in [0, 0.1) is 0 Å². The Hall–Kier alpha value is -2.55. The lowest BCUT2D eigenvalue weighted by Crippen LogP contribution is -2.36. The molecule has 1 atom stereocenters. The van der Waals surface area contributed by atoms with Gasteiger partial charge in [-0.3, -0.25) is 4.79 Å². The summed E-state index contributed by atoms with van der Waals surface area (Å²) in [6.45, 7) is 0.157. The van der Waals surface area contributed by atoms with Crippen LogP contribution in [-0.4, -0.2) is 47.5 Å². The van der Waals surface area contributed by atoms with Crippen LogP contribution in [0.4, 0.5) is 0 Å². The molecule has 7 nitrogen and oxygen atoms in total. The third kappa shape index (κ3) is 4.28. The molecular formula is C21H18Cl2N2O5S. The number of benzene rings is 2. The number of sulfone groups is 1. The number of aromatic nitrogens is 1. The molecule has 2 N–H and O–H groups in total. The molecule has 3 aromatic rings. The highest BCUT2D eigenvalue weighted by Crippen LogP contribution is 2.29. The van der Waals surface area contributed by atoms with Crippen LogP contribution in [0.5, 0.6) is 0 Å². The molecule has 0 radical (unpaired) electrons. The van der Waals surface area contributed by atoms with E-state index in [4.69, 9.17) is 23.2 Å². The van der Waals surface area contributed by atoms with E-state index < -0.39 is 27.8 Å². The lowest BCUT2D eigenvalue weighted by molar-refractivity contribution is 0.0680. The van der Waals surface area contributed by atoms with Crippen molar-refractivity contribution in [1.82, 2.24) is 9.88 Å². The molecule has 2 heterocycles. The van der Waals surface area contributed by atoms with E-state index in [1.807, 2.05) is 0 Å². The highest BCUT2D eigenvalue weighted by molar-refractivity contribution is 7.91. The largest absolute Gasteiger partial charge is 0.477 e. The van der Waals surface area contributed by atoms with Gasteiger partial charge in [0.15, 0.2) is 9.84 Å². The smallest absolute Gasteiger partial charge is 0.353 e. The van der Waals surface area contributed by atoms with Gasteiger partial charge in [0.05, 0.1) is 27.1 Å². The van der Waals surface area contributed by atoms with Crippen LogP contribution in [0.15, 0.2) is 42.5 Å². The van der Waals surface area contributed by atoms with Gasteiger partial charge >= 0.3 is 5.97 Å². The number of nitrogens with zero attached hydrogens (tertiary/aromatic N) is 1. The van der Waals surface area contributed by atoms with Crippen molar-refractivity contribution in [2.45, 2.75) is 19.0 Å². The van der Waals surface area contributed by atoms with Crippen molar-refractivity contribution in [3.63, 3.8) is 0 Å². The molecule has 1 amide bonds. The molecule has 1 aliphatic heterocycles. The minimum Gasteiger partial charge on any atom is -0.477 e. The standard InChI is InChI=1S/C21H18Cl2N2O5S/c22-15-6-5-12(9-16(15)23)10-25-17-4-2-1-3-14(17)18(19(25)21(27)28)20(26)24-13-7-8-31(29,30)11-13/h1-6,9,13H,7-8,10-11H2,(H,24,26)(H,27,28). The molecule has 162 valence electrons. The van der Waals surface area contributed by atoms with Gasteiger partial charge in [-0.1, -0.05) is 47.5 Å². The van der Waals surface area contributed by atoms with E-state index >= 15 is 0 Å². The summed E-state index contributed by atoms with van der Waals surface area (Å²) in [6.07, 6.45) is 0.304. The molecule has 0 bridgehead atoms. The van der Waals surface area contributed by atoms with Gasteiger partial charge in [0.25, 0.3) is 5.91 Å². The Kier molecular flexibility index (Phi) is 5.72. The fourth-order valence-electron chi connectivity index (χ4n) is 3.91. The summed E-state index contributed by atoms with van der Waals surface area (Å²) in [7, 11) is -3.19. The Morgan fingerprint density at radius 1 is 1.13 bits per heavy atom. The first-order valence-corrected chi connectivity index (χ1v) is 12.0. The molecule has 1 fully saturated rings. The maximum Gasteiger partial charge on any atom is 0.353 e. The van der Waals surface area contributed by atoms with Gasteiger partial charge in [-0.25, -0.2) is 13.2 Å². The summed E-state index contributed by atoms with van der Waals surface area (Å²) >= 11 is 12.1. The second-order valence-electron chi connectivity index (χ2n) is 7.45. The number of fused-ring (bicyclic) bond motifs is 1. The second-order valence-corrected chi connectivity index (χ2v) is 10.5. The van der Waals surface area contributed by atoms with Gasteiger partial charge in [0, 0.05) is 23.5 Å². The molecule has 0 spiro atoms. The summed E-state index contributed by atoms with van der Waals surface area (Å²) in [4.78, 5) is 25.3. The van der Waals surface area contributed by atoms with Gasteiger partial charge in [-0.05, 0) is 30.2 Å². The number of carbonyl (C=O) groups is 2. The fourth-order valence-corrected chi connectivity index (χ4v) is 5.90. The van der Waals surface area contributed by atoms with E-state index in [9.17, 15) is 23.1 Å². The number of carbonyl (C=O) groups excluding carboxylic acids is 1. The molecular weight excluding hydrogens is 463 g/mol. The fraction of sp³-hybridized carbons (Fsp3) is 0.238. The number of carboxylic acid groups (broad SMARTS) is 1. The first-order valence-electron chi connectivity index (χ1n) is 9.46. The zero-order chi connectivity index (χ0) is 22.3. The summed E-state index contributed by atoms with van der Waals surface area (Å²) in [5, 5.41) is 13.9. The monoisotopic (exact) mass is 480 g/mol. The molecule has 1 saturated heterocycles. The number of nitrogens with one attached hydrogen (secondary N) is 1. The Morgan fingerprint density at radius 2 is 1.87 bits per heavy atom. The maximum atomic E-state index is 13.1. The quantitative estimate of drug-likeness (QED) is 0.579. The normalized spacial score (nSPS) is 17.7. The van der Waals surface area contributed by atoms with Crippen LogP contribution in [0.2, 0.25) is 10.0 Å². The molecule has 0 saturated carbocycles. The Labute approximate surface area is 188 Å². The molecule has 31 heavy (non-hydrogen) atoms. The van der Waals surface area contributed by atoms with Crippen molar-refractivity contribution in [3.05, 3.63) is 69.3 Å². The summed E-state index contributed by atoms with van der Waals surface area (Å²) in [5.74, 6) is -2.02. The zero-order valence-corrected chi connectivity index (χ0v) is 18.5. The van der Waals surface area contributed by atoms with E-state index in [1.165, 1.54) is 4.57 Å². The predicted molar refractivity (Wildman–Crippen MR) is 119 cm³/mol. The molecule has 10 heteroatoms. The highest BCUT2D eigenvalue weighted by atomic mass is 35.5. The third-order valence-electron chi connectivity index (χ3n) is 5.29. The molecule has 1 unspecified atom stereocenters. The van der Waals surface area contributed by atoms with E-state index in [0.717, 1.165) is 0 Å². The van der Waals surface area contributed by atoms with Gasteiger partial charge in [0.1, 0.15) is 5.69 Å². The summed E-state index contributed by atoms with van der Waals surface area (Å²) < 4.78 is 25.0. The average Bonchev–Trinajstić information content (AvgIpc) is 3.22. The maximum absolute atomic E-state index is 13.1. The Morgan fingerprint density at radius 3 is 2.52 bits per heavy atom. The molecule has 2 aromatic carbocycles. The van der Waals surface area contributed by atoms with Crippen LogP contribution >= 0.6 is 23.2 Å². The summed E-state index contributed by atoms with van der Waals surface area (Å²) in [5.41, 5.74) is 1.11. The number of halogens is 2. The minimum atomic E-state index is -3.19. The Bertz CT molecular complexity index is 1320. The van der Waals surface area contributed by atoms with Crippen molar-refractivity contribution in [3.8, 4) is 0 Å². The van der Waals surface area contributed by atoms with Crippen molar-refractivity contribution >= 4 is 55.8 Å². The van der Waals surface area contributed by atoms with Crippen LogP contribution in [0.25, 0.3) is 10.9 Å². The van der Waals surface area contributed by atoms with E-state index in [2.05, 4.69) is 5.32 Å². The minimum absolute atomic E-state index is 0.00280. The topological polar surface area (TPSA) is 105 Å². The summed E-state index contributed by atoms with van der Waals surface area (Å²) in [6, 6.07) is 11.3. The van der Waals surface area contributed by atoms with Crippen LogP contribution in [0.3, 0.4) is 0 Å². The number of para-hydroxylation sites is 1. The zero-order valence-electron chi connectivity index (χ0n) is 16.1. The van der Waals surface area contributed by atoms with Crippen LogP contribution in [-0.2, 0) is 16.4 Å². The van der Waals surface area contributed by atoms with Crippen molar-refractivity contribution in [2.24, 2.45) is 0 Å². The number of amides is 1. The predicted octanol–water partition coefficient (Wildman–Crippen LogP) is 3.61. The molecule has 1 aliphatic rings. The number of hydrogen-bond donors (Lipinski definition) is 2. The SMILES string of the molecule is O=C(NC1CCS(=O)(=O)C1)c1c(C(=O)O)n(Cc2ccc(Cl)c(Cl)c2)c2ccccc12. The van der Waals surface area contributed by atoms with E-state index in [1.54, 1.807) is 42.5 Å². The third-order valence-corrected chi connectivity index (χ3v) is 7.80. The van der Waals surface area contributed by atoms with Crippen molar-refractivity contribution in [1.29, 1.82) is 0 Å². The molecule has 4 rings (SSSR count). The highest BCUT2D eigenvalue weighted by Gasteiger charge is 2.32. The molecule has 0 aliphatic carbocycles. The number of rotatable bonds is 5. The van der Waals surface area contributed by atoms with E-state index in [0.29, 0.717) is 32.9 Å². The van der Waals surface area contributed by atoms with Crippen molar-refractivity contribution in [2.75, 3.05) is 11.5 Å². The van der Waals surface area contributed by atoms with Gasteiger partial charge in [-0.15, -0.1) is 0 Å². The average molecular weight is 481 g/mol. The first-order chi connectivity index (χ1) is 14.7. The van der Waals surface area contributed by atoms with E-state index in [-0.39, 0.29) is 29.3 Å². The van der Waals surface area contributed by atoms with Crippen LogP contribution < -0.4 is 5.32 Å². The lowest BCUT2D eigenvalue weighted by Gasteiger charge is -2.12. The van der Waals surface area contributed by atoms with Gasteiger partial charge < -0.3 is 15.0 Å². The Balaban J connectivity index is 1.80. The number of carboxylic acids is 1. The van der Waals surface area contributed by atoms with Gasteiger partial charge in [0.2, 0.25) is 0 Å². The number of aromatic carboxylic acids is 1. The van der Waals surface area contributed by atoms with Crippen molar-refractivity contribution < 1.29 is 23.1 Å².